The van der Waals surface area contributed by atoms with Crippen LogP contribution in [0.2, 0.25) is 0 Å². The third kappa shape index (κ3) is 6.24. The van der Waals surface area contributed by atoms with Gasteiger partial charge in [-0.2, -0.15) is 0 Å². The Labute approximate surface area is 190 Å². The van der Waals surface area contributed by atoms with E-state index in [0.29, 0.717) is 22.4 Å². The number of carbonyl (C=O) groups excluding carboxylic acids is 2. The number of para-hydroxylation sites is 2. The van der Waals surface area contributed by atoms with Gasteiger partial charge >= 0.3 is 0 Å². The highest BCUT2D eigenvalue weighted by molar-refractivity contribution is 7.99. The van der Waals surface area contributed by atoms with E-state index in [0.717, 1.165) is 11.3 Å². The SMILES string of the molecule is COc1ccc(CC(=O)NCc2nnc(SCC(=O)Nc3ccccc3OC)n2C)cc1. The molecule has 0 saturated heterocycles. The van der Waals surface area contributed by atoms with Gasteiger partial charge in [-0.1, -0.05) is 36.0 Å². The maximum Gasteiger partial charge on any atom is 0.234 e. The van der Waals surface area contributed by atoms with Crippen LogP contribution >= 0.6 is 11.8 Å². The Hall–Kier alpha value is -3.53. The molecule has 0 fully saturated rings. The number of ether oxygens (including phenoxy) is 2. The Morgan fingerprint density at radius 3 is 2.47 bits per heavy atom. The average molecular weight is 456 g/mol. The number of hydrogen-bond acceptors (Lipinski definition) is 7. The number of amides is 2. The van der Waals surface area contributed by atoms with Crippen molar-refractivity contribution in [2.75, 3.05) is 25.3 Å². The van der Waals surface area contributed by atoms with Crippen molar-refractivity contribution in [3.05, 3.63) is 59.9 Å². The maximum absolute atomic E-state index is 12.3. The van der Waals surface area contributed by atoms with Crippen molar-refractivity contribution in [1.29, 1.82) is 0 Å². The molecule has 2 aromatic carbocycles. The summed E-state index contributed by atoms with van der Waals surface area (Å²) < 4.78 is 12.1. The predicted octanol–water partition coefficient (Wildman–Crippen LogP) is 2.42. The molecule has 0 aliphatic heterocycles. The van der Waals surface area contributed by atoms with Crippen LogP contribution in [-0.4, -0.2) is 46.6 Å². The molecular weight excluding hydrogens is 430 g/mol. The molecule has 9 nitrogen and oxygen atoms in total. The zero-order chi connectivity index (χ0) is 22.9. The number of nitrogens with zero attached hydrogens (tertiary/aromatic N) is 3. The van der Waals surface area contributed by atoms with Gasteiger partial charge in [-0.15, -0.1) is 10.2 Å². The van der Waals surface area contributed by atoms with Crippen molar-refractivity contribution in [3.63, 3.8) is 0 Å². The Kier molecular flexibility index (Phi) is 8.09. The van der Waals surface area contributed by atoms with Crippen LogP contribution < -0.4 is 20.1 Å². The predicted molar refractivity (Wildman–Crippen MR) is 122 cm³/mol. The van der Waals surface area contributed by atoms with E-state index in [1.54, 1.807) is 38.0 Å². The first-order valence-electron chi connectivity index (χ1n) is 9.83. The molecule has 32 heavy (non-hydrogen) atoms. The fourth-order valence-electron chi connectivity index (χ4n) is 2.86. The van der Waals surface area contributed by atoms with Gasteiger partial charge in [0.15, 0.2) is 11.0 Å². The van der Waals surface area contributed by atoms with Gasteiger partial charge in [0.25, 0.3) is 0 Å². The minimum absolute atomic E-state index is 0.122. The van der Waals surface area contributed by atoms with Crippen LogP contribution in [0.25, 0.3) is 0 Å². The van der Waals surface area contributed by atoms with Gasteiger partial charge in [-0.3, -0.25) is 9.59 Å². The molecule has 2 amide bonds. The first kappa shape index (κ1) is 23.1. The van der Waals surface area contributed by atoms with Crippen molar-refractivity contribution in [2.24, 2.45) is 7.05 Å². The first-order chi connectivity index (χ1) is 15.5. The number of anilines is 1. The second-order valence-corrected chi connectivity index (χ2v) is 7.74. The first-order valence-corrected chi connectivity index (χ1v) is 10.8. The van der Waals surface area contributed by atoms with Crippen molar-refractivity contribution >= 4 is 29.3 Å². The summed E-state index contributed by atoms with van der Waals surface area (Å²) in [7, 11) is 4.95. The Bertz CT molecular complexity index is 1070. The van der Waals surface area contributed by atoms with Gasteiger partial charge in [0.2, 0.25) is 11.8 Å². The molecule has 168 valence electrons. The molecule has 3 aromatic rings. The number of aromatic nitrogens is 3. The molecule has 0 bridgehead atoms. The maximum atomic E-state index is 12.3. The van der Waals surface area contributed by atoms with E-state index in [1.807, 2.05) is 36.4 Å². The highest BCUT2D eigenvalue weighted by Crippen LogP contribution is 2.24. The van der Waals surface area contributed by atoms with Gasteiger partial charge in [0.05, 0.1) is 38.6 Å². The van der Waals surface area contributed by atoms with Crippen molar-refractivity contribution in [3.8, 4) is 11.5 Å². The Morgan fingerprint density at radius 2 is 1.75 bits per heavy atom. The molecular formula is C22H25N5O4S. The van der Waals surface area contributed by atoms with Crippen LogP contribution in [0.4, 0.5) is 5.69 Å². The lowest BCUT2D eigenvalue weighted by Crippen LogP contribution is -2.26. The highest BCUT2D eigenvalue weighted by atomic mass is 32.2. The fourth-order valence-corrected chi connectivity index (χ4v) is 3.59. The number of hydrogen-bond donors (Lipinski definition) is 2. The van der Waals surface area contributed by atoms with Gasteiger partial charge in [0.1, 0.15) is 11.5 Å². The quantitative estimate of drug-likeness (QED) is 0.452. The molecule has 3 rings (SSSR count). The van der Waals surface area contributed by atoms with Crippen LogP contribution in [-0.2, 0) is 29.6 Å². The monoisotopic (exact) mass is 455 g/mol. The second kappa shape index (κ2) is 11.2. The van der Waals surface area contributed by atoms with Gasteiger partial charge in [-0.25, -0.2) is 0 Å². The van der Waals surface area contributed by atoms with E-state index in [1.165, 1.54) is 11.8 Å². The number of benzene rings is 2. The minimum Gasteiger partial charge on any atom is -0.497 e. The molecule has 0 atom stereocenters. The third-order valence-corrected chi connectivity index (χ3v) is 5.63. The summed E-state index contributed by atoms with van der Waals surface area (Å²) >= 11 is 1.26. The van der Waals surface area contributed by atoms with Crippen LogP contribution in [0.5, 0.6) is 11.5 Å². The van der Waals surface area contributed by atoms with E-state index < -0.39 is 0 Å². The van der Waals surface area contributed by atoms with Gasteiger partial charge in [0, 0.05) is 7.05 Å². The molecule has 0 unspecified atom stereocenters. The van der Waals surface area contributed by atoms with Crippen LogP contribution in [0, 0.1) is 0 Å². The molecule has 10 heteroatoms. The summed E-state index contributed by atoms with van der Waals surface area (Å²) in [5, 5.41) is 14.5. The lowest BCUT2D eigenvalue weighted by molar-refractivity contribution is -0.120. The Balaban J connectivity index is 1.48. The van der Waals surface area contributed by atoms with Gasteiger partial charge < -0.3 is 24.7 Å². The van der Waals surface area contributed by atoms with Crippen LogP contribution in [0.1, 0.15) is 11.4 Å². The van der Waals surface area contributed by atoms with E-state index in [-0.39, 0.29) is 30.5 Å². The van der Waals surface area contributed by atoms with E-state index in [2.05, 4.69) is 20.8 Å². The zero-order valence-corrected chi connectivity index (χ0v) is 18.9. The van der Waals surface area contributed by atoms with Gasteiger partial charge in [-0.05, 0) is 29.8 Å². The number of thioether (sulfide) groups is 1. The average Bonchev–Trinajstić information content (AvgIpc) is 3.16. The summed E-state index contributed by atoms with van der Waals surface area (Å²) in [5.41, 5.74) is 1.50. The molecule has 1 aromatic heterocycles. The molecule has 0 aliphatic rings. The summed E-state index contributed by atoms with van der Waals surface area (Å²) in [5.74, 6) is 1.79. The number of rotatable bonds is 10. The normalized spacial score (nSPS) is 10.5. The third-order valence-electron chi connectivity index (χ3n) is 4.61. The topological polar surface area (TPSA) is 107 Å². The zero-order valence-electron chi connectivity index (χ0n) is 18.1. The number of nitrogens with one attached hydrogen (secondary N) is 2. The second-order valence-electron chi connectivity index (χ2n) is 6.80. The summed E-state index contributed by atoms with van der Waals surface area (Å²) in [6, 6.07) is 14.6. The fraction of sp³-hybridized carbons (Fsp3) is 0.273. The van der Waals surface area contributed by atoms with Crippen molar-refractivity contribution in [1.82, 2.24) is 20.1 Å². The molecule has 0 saturated carbocycles. The van der Waals surface area contributed by atoms with E-state index >= 15 is 0 Å². The standard InChI is InChI=1S/C22H25N5O4S/c1-27-19(13-23-20(28)12-15-8-10-16(30-2)11-9-15)25-26-22(27)32-14-21(29)24-17-6-4-5-7-18(17)31-3/h4-11H,12-14H2,1-3H3,(H,23,28)(H,24,29). The molecule has 0 spiro atoms. The largest absolute Gasteiger partial charge is 0.497 e. The number of carbonyl (C=O) groups is 2. The lowest BCUT2D eigenvalue weighted by Gasteiger charge is -2.09. The molecule has 1 heterocycles. The van der Waals surface area contributed by atoms with Crippen molar-refractivity contribution < 1.29 is 19.1 Å². The molecule has 0 radical (unpaired) electrons. The molecule has 2 N–H and O–H groups in total. The summed E-state index contributed by atoms with van der Waals surface area (Å²) in [6.07, 6.45) is 0.257. The summed E-state index contributed by atoms with van der Waals surface area (Å²) in [6.45, 7) is 0.243. The van der Waals surface area contributed by atoms with Crippen LogP contribution in [0.3, 0.4) is 0 Å². The minimum atomic E-state index is -0.183. The smallest absolute Gasteiger partial charge is 0.234 e. The van der Waals surface area contributed by atoms with E-state index in [4.69, 9.17) is 9.47 Å². The van der Waals surface area contributed by atoms with E-state index in [9.17, 15) is 9.59 Å². The van der Waals surface area contributed by atoms with Crippen LogP contribution in [0.15, 0.2) is 53.7 Å². The van der Waals surface area contributed by atoms with Crippen molar-refractivity contribution in [2.45, 2.75) is 18.1 Å². The lowest BCUT2D eigenvalue weighted by atomic mass is 10.1. The summed E-state index contributed by atoms with van der Waals surface area (Å²) in [4.78, 5) is 24.5. The molecule has 0 aliphatic carbocycles. The highest BCUT2D eigenvalue weighted by Gasteiger charge is 2.14. The Morgan fingerprint density at radius 1 is 1.00 bits per heavy atom. The number of methoxy groups -OCH3 is 2.